The number of hydrogen-bond donors (Lipinski definition) is 1. The molecule has 4 rings (SSSR count). The van der Waals surface area contributed by atoms with E-state index in [1.165, 1.54) is 0 Å². The van der Waals surface area contributed by atoms with E-state index in [0.29, 0.717) is 23.7 Å². The topological polar surface area (TPSA) is 57.6 Å². The molecule has 2 aromatic carbocycles. The first kappa shape index (κ1) is 19.3. The Hall–Kier alpha value is -2.99. The number of nitrogens with one attached hydrogen (secondary N) is 1. The van der Waals surface area contributed by atoms with Crippen molar-refractivity contribution in [2.24, 2.45) is 7.05 Å². The van der Waals surface area contributed by atoms with Gasteiger partial charge in [-0.05, 0) is 24.3 Å². The predicted molar refractivity (Wildman–Crippen MR) is 115 cm³/mol. The highest BCUT2D eigenvalue weighted by atomic mass is 35.5. The lowest BCUT2D eigenvalue weighted by Crippen LogP contribution is -2.51. The molecule has 2 heterocycles. The van der Waals surface area contributed by atoms with Crippen molar-refractivity contribution >= 4 is 40.0 Å². The molecule has 0 radical (unpaired) electrons. The SMILES string of the molecule is Cn1cc(C(=O)NCC(=O)N2CCN(c3cccc(Cl)c3)CC2)c2ccccc21. The van der Waals surface area contributed by atoms with E-state index in [0.717, 1.165) is 29.7 Å². The molecule has 0 spiro atoms. The number of benzene rings is 2. The molecule has 0 aliphatic carbocycles. The van der Waals surface area contributed by atoms with Crippen molar-refractivity contribution < 1.29 is 9.59 Å². The van der Waals surface area contributed by atoms with Crippen LogP contribution in [0.4, 0.5) is 5.69 Å². The quantitative estimate of drug-likeness (QED) is 0.719. The van der Waals surface area contributed by atoms with Gasteiger partial charge in [-0.3, -0.25) is 9.59 Å². The molecule has 6 nitrogen and oxygen atoms in total. The summed E-state index contributed by atoms with van der Waals surface area (Å²) < 4.78 is 1.92. The number of anilines is 1. The Balaban J connectivity index is 1.33. The van der Waals surface area contributed by atoms with Crippen LogP contribution in [-0.4, -0.2) is 54.0 Å². The van der Waals surface area contributed by atoms with Crippen molar-refractivity contribution in [2.45, 2.75) is 0 Å². The van der Waals surface area contributed by atoms with Crippen LogP contribution in [0.3, 0.4) is 0 Å². The van der Waals surface area contributed by atoms with E-state index >= 15 is 0 Å². The number of fused-ring (bicyclic) bond motifs is 1. The van der Waals surface area contributed by atoms with Crippen molar-refractivity contribution in [2.75, 3.05) is 37.6 Å². The third kappa shape index (κ3) is 4.07. The summed E-state index contributed by atoms with van der Waals surface area (Å²) in [6, 6.07) is 15.5. The summed E-state index contributed by atoms with van der Waals surface area (Å²) in [5.41, 5.74) is 2.64. The van der Waals surface area contributed by atoms with Gasteiger partial charge in [0.1, 0.15) is 0 Å². The minimum Gasteiger partial charge on any atom is -0.368 e. The van der Waals surface area contributed by atoms with Gasteiger partial charge in [0.15, 0.2) is 0 Å². The largest absolute Gasteiger partial charge is 0.368 e. The number of para-hydroxylation sites is 1. The van der Waals surface area contributed by atoms with Crippen LogP contribution in [0.15, 0.2) is 54.7 Å². The van der Waals surface area contributed by atoms with Crippen LogP contribution in [0.5, 0.6) is 0 Å². The first-order chi connectivity index (χ1) is 14.0. The zero-order chi connectivity index (χ0) is 20.4. The van der Waals surface area contributed by atoms with Crippen LogP contribution in [0, 0.1) is 0 Å². The molecule has 3 aromatic rings. The maximum Gasteiger partial charge on any atom is 0.253 e. The molecule has 1 aliphatic rings. The molecular formula is C22H23ClN4O2. The van der Waals surface area contributed by atoms with Gasteiger partial charge < -0.3 is 19.7 Å². The first-order valence-electron chi connectivity index (χ1n) is 9.63. The number of hydrogen-bond acceptors (Lipinski definition) is 3. The number of aryl methyl sites for hydroxylation is 1. The predicted octanol–water partition coefficient (Wildman–Crippen LogP) is 2.91. The van der Waals surface area contributed by atoms with E-state index < -0.39 is 0 Å². The normalized spacial score (nSPS) is 14.3. The maximum absolute atomic E-state index is 12.6. The van der Waals surface area contributed by atoms with E-state index in [4.69, 9.17) is 11.6 Å². The summed E-state index contributed by atoms with van der Waals surface area (Å²) in [6.45, 7) is 2.72. The standard InChI is InChI=1S/C22H23ClN4O2/c1-25-15-19(18-7-2-3-8-20(18)25)22(29)24-14-21(28)27-11-9-26(10-12-27)17-6-4-5-16(23)13-17/h2-8,13,15H,9-12,14H2,1H3,(H,24,29). The zero-order valence-corrected chi connectivity index (χ0v) is 17.0. The van der Waals surface area contributed by atoms with Crippen LogP contribution in [0.1, 0.15) is 10.4 Å². The molecule has 1 saturated heterocycles. The second-order valence-electron chi connectivity index (χ2n) is 7.20. The Bertz CT molecular complexity index is 1050. The molecule has 1 aromatic heterocycles. The van der Waals surface area contributed by atoms with E-state index in [1.807, 2.05) is 60.1 Å². The lowest BCUT2D eigenvalue weighted by molar-refractivity contribution is -0.130. The summed E-state index contributed by atoms with van der Waals surface area (Å²) in [4.78, 5) is 29.2. The van der Waals surface area contributed by atoms with Gasteiger partial charge in [0.05, 0.1) is 12.1 Å². The van der Waals surface area contributed by atoms with E-state index in [9.17, 15) is 9.59 Å². The minimum absolute atomic E-state index is 0.000774. The third-order valence-corrected chi connectivity index (χ3v) is 5.58. The highest BCUT2D eigenvalue weighted by molar-refractivity contribution is 6.30. The second-order valence-corrected chi connectivity index (χ2v) is 7.64. The van der Waals surface area contributed by atoms with Gasteiger partial charge in [0.25, 0.3) is 5.91 Å². The summed E-state index contributed by atoms with van der Waals surface area (Å²) in [6.07, 6.45) is 1.80. The Morgan fingerprint density at radius 2 is 1.79 bits per heavy atom. The van der Waals surface area contributed by atoms with Gasteiger partial charge in [-0.15, -0.1) is 0 Å². The lowest BCUT2D eigenvalue weighted by Gasteiger charge is -2.36. The Kier molecular flexibility index (Phi) is 5.45. The molecule has 0 bridgehead atoms. The molecule has 2 amide bonds. The number of rotatable bonds is 4. The van der Waals surface area contributed by atoms with Crippen LogP contribution < -0.4 is 10.2 Å². The van der Waals surface area contributed by atoms with Crippen molar-refractivity contribution in [3.05, 3.63) is 65.3 Å². The van der Waals surface area contributed by atoms with Crippen molar-refractivity contribution in [3.63, 3.8) is 0 Å². The fourth-order valence-corrected chi connectivity index (χ4v) is 3.96. The number of carbonyl (C=O) groups excluding carboxylic acids is 2. The number of halogens is 1. The first-order valence-corrected chi connectivity index (χ1v) is 10.0. The fraction of sp³-hybridized carbons (Fsp3) is 0.273. The highest BCUT2D eigenvalue weighted by Gasteiger charge is 2.22. The van der Waals surface area contributed by atoms with Crippen LogP contribution >= 0.6 is 11.6 Å². The van der Waals surface area contributed by atoms with E-state index in [1.54, 1.807) is 11.1 Å². The molecule has 7 heteroatoms. The number of nitrogens with zero attached hydrogens (tertiary/aromatic N) is 3. The summed E-state index contributed by atoms with van der Waals surface area (Å²) >= 11 is 6.07. The molecular weight excluding hydrogens is 388 g/mol. The molecule has 0 saturated carbocycles. The van der Waals surface area contributed by atoms with Crippen LogP contribution in [0.25, 0.3) is 10.9 Å². The Labute approximate surface area is 174 Å². The van der Waals surface area contributed by atoms with Crippen LogP contribution in [0.2, 0.25) is 5.02 Å². The molecule has 1 aliphatic heterocycles. The number of piperazine rings is 1. The van der Waals surface area contributed by atoms with Gasteiger partial charge >= 0.3 is 0 Å². The average Bonchev–Trinajstić information content (AvgIpc) is 3.09. The molecule has 0 unspecified atom stereocenters. The van der Waals surface area contributed by atoms with Gasteiger partial charge in [-0.1, -0.05) is 35.9 Å². The van der Waals surface area contributed by atoms with Gasteiger partial charge in [0, 0.05) is 61.0 Å². The van der Waals surface area contributed by atoms with E-state index in [2.05, 4.69) is 10.2 Å². The summed E-state index contributed by atoms with van der Waals surface area (Å²) in [7, 11) is 1.91. The molecule has 29 heavy (non-hydrogen) atoms. The Morgan fingerprint density at radius 3 is 2.55 bits per heavy atom. The Morgan fingerprint density at radius 1 is 1.03 bits per heavy atom. The lowest BCUT2D eigenvalue weighted by atomic mass is 10.1. The molecule has 150 valence electrons. The van der Waals surface area contributed by atoms with E-state index in [-0.39, 0.29) is 18.4 Å². The van der Waals surface area contributed by atoms with Crippen molar-refractivity contribution in [1.29, 1.82) is 0 Å². The minimum atomic E-state index is -0.229. The maximum atomic E-state index is 12.6. The van der Waals surface area contributed by atoms with Crippen molar-refractivity contribution in [3.8, 4) is 0 Å². The van der Waals surface area contributed by atoms with Crippen molar-refractivity contribution in [1.82, 2.24) is 14.8 Å². The summed E-state index contributed by atoms with van der Waals surface area (Å²) in [5, 5.41) is 4.37. The smallest absolute Gasteiger partial charge is 0.253 e. The zero-order valence-electron chi connectivity index (χ0n) is 16.3. The molecule has 0 atom stereocenters. The molecule has 1 N–H and O–H groups in total. The number of aromatic nitrogens is 1. The second kappa shape index (κ2) is 8.17. The number of amides is 2. The monoisotopic (exact) mass is 410 g/mol. The third-order valence-electron chi connectivity index (χ3n) is 5.35. The summed E-state index contributed by atoms with van der Waals surface area (Å²) in [5.74, 6) is -0.294. The fourth-order valence-electron chi connectivity index (χ4n) is 3.77. The molecule has 1 fully saturated rings. The average molecular weight is 411 g/mol. The number of carbonyl (C=O) groups is 2. The van der Waals surface area contributed by atoms with Gasteiger partial charge in [-0.2, -0.15) is 0 Å². The van der Waals surface area contributed by atoms with Gasteiger partial charge in [0.2, 0.25) is 5.91 Å². The van der Waals surface area contributed by atoms with Gasteiger partial charge in [-0.25, -0.2) is 0 Å². The van der Waals surface area contributed by atoms with Crippen LogP contribution in [-0.2, 0) is 11.8 Å². The highest BCUT2D eigenvalue weighted by Crippen LogP contribution is 2.21.